The molecule has 36 heavy (non-hydrogen) atoms. The summed E-state index contributed by atoms with van der Waals surface area (Å²) in [5.74, 6) is -1.03. The highest BCUT2D eigenvalue weighted by Gasteiger charge is 2.14. The van der Waals surface area contributed by atoms with Crippen LogP contribution in [0.1, 0.15) is 21.5 Å². The number of hydrogen-bond donors (Lipinski definition) is 2. The molecule has 9 nitrogen and oxygen atoms in total. The number of carbonyl (C=O) groups is 2. The molecule has 0 aromatic heterocycles. The van der Waals surface area contributed by atoms with Crippen LogP contribution in [-0.4, -0.2) is 37.0 Å². The Bertz CT molecular complexity index is 1300. The van der Waals surface area contributed by atoms with E-state index in [4.69, 9.17) is 0 Å². The molecule has 0 bridgehead atoms. The van der Waals surface area contributed by atoms with E-state index in [1.54, 1.807) is 60.7 Å². The molecule has 0 fully saturated rings. The van der Waals surface area contributed by atoms with Gasteiger partial charge in [0.05, 0.1) is 4.92 Å². The number of allylic oxidation sites excluding steroid dienone is 1. The van der Waals surface area contributed by atoms with Gasteiger partial charge >= 0.3 is 0 Å². The van der Waals surface area contributed by atoms with Crippen LogP contribution in [0.25, 0.3) is 12.2 Å². The molecule has 0 heterocycles. The molecule has 3 aromatic rings. The average molecular weight is 484 g/mol. The second-order valence-corrected chi connectivity index (χ2v) is 7.79. The maximum absolute atomic E-state index is 12.8. The Balaban J connectivity index is 1.72. The molecule has 0 saturated carbocycles. The number of carbonyl (C=O) groups excluding carboxylic acids is 2. The Labute approximate surface area is 208 Å². The molecule has 3 aromatic carbocycles. The highest BCUT2D eigenvalue weighted by Crippen LogP contribution is 2.15. The molecule has 0 saturated heterocycles. The zero-order valence-electron chi connectivity index (χ0n) is 19.8. The Morgan fingerprint density at radius 2 is 1.56 bits per heavy atom. The second kappa shape index (κ2) is 12.4. The molecule has 2 amide bonds. The number of rotatable bonds is 9. The van der Waals surface area contributed by atoms with Crippen molar-refractivity contribution in [2.75, 3.05) is 19.0 Å². The molecule has 9 heteroatoms. The number of non-ortho nitro benzene ring substituents is 1. The van der Waals surface area contributed by atoms with Crippen LogP contribution in [0.2, 0.25) is 0 Å². The number of nitrogens with one attached hydrogen (secondary N) is 2. The van der Waals surface area contributed by atoms with Crippen molar-refractivity contribution in [2.24, 2.45) is 5.10 Å². The maximum atomic E-state index is 12.8. The predicted molar refractivity (Wildman–Crippen MR) is 141 cm³/mol. The summed E-state index contributed by atoms with van der Waals surface area (Å²) < 4.78 is 0. The van der Waals surface area contributed by atoms with E-state index < -0.39 is 16.7 Å². The summed E-state index contributed by atoms with van der Waals surface area (Å²) in [7, 11) is 3.86. The molecule has 182 valence electrons. The van der Waals surface area contributed by atoms with E-state index >= 15 is 0 Å². The fourth-order valence-electron chi connectivity index (χ4n) is 3.04. The maximum Gasteiger partial charge on any atom is 0.287 e. The van der Waals surface area contributed by atoms with E-state index in [0.717, 1.165) is 16.8 Å². The number of anilines is 1. The monoisotopic (exact) mass is 483 g/mol. The Kier molecular flexibility index (Phi) is 8.82. The molecule has 3 rings (SSSR count). The van der Waals surface area contributed by atoms with Crippen LogP contribution in [0, 0.1) is 10.1 Å². The predicted octanol–water partition coefficient (Wildman–Crippen LogP) is 4.25. The lowest BCUT2D eigenvalue weighted by molar-refractivity contribution is -0.384. The number of nitro benzene ring substituents is 1. The highest BCUT2D eigenvalue weighted by molar-refractivity contribution is 6.05. The van der Waals surface area contributed by atoms with E-state index in [1.165, 1.54) is 18.3 Å². The topological polar surface area (TPSA) is 117 Å². The molecule has 0 unspecified atom stereocenters. The van der Waals surface area contributed by atoms with Crippen molar-refractivity contribution in [1.82, 2.24) is 10.7 Å². The SMILES string of the molecule is CN(C)c1ccc(C=C(NC(=O)c2ccccc2)C(=O)NN=CC=Cc2ccc([N+](=O)[O-])cc2)cc1. The van der Waals surface area contributed by atoms with Gasteiger partial charge in [0.1, 0.15) is 5.70 Å². The molecular formula is C27H25N5O4. The third-order valence-corrected chi connectivity index (χ3v) is 4.97. The van der Waals surface area contributed by atoms with Crippen LogP contribution < -0.4 is 15.6 Å². The van der Waals surface area contributed by atoms with E-state index in [1.807, 2.05) is 43.3 Å². The number of nitrogens with zero attached hydrogens (tertiary/aromatic N) is 3. The van der Waals surface area contributed by atoms with E-state index in [0.29, 0.717) is 5.56 Å². The lowest BCUT2D eigenvalue weighted by Crippen LogP contribution is -2.32. The van der Waals surface area contributed by atoms with Crippen LogP contribution in [0.3, 0.4) is 0 Å². The highest BCUT2D eigenvalue weighted by atomic mass is 16.6. The van der Waals surface area contributed by atoms with Gasteiger partial charge in [0.2, 0.25) is 0 Å². The first-order chi connectivity index (χ1) is 17.3. The zero-order chi connectivity index (χ0) is 25.9. The van der Waals surface area contributed by atoms with Crippen molar-refractivity contribution < 1.29 is 14.5 Å². The van der Waals surface area contributed by atoms with Crippen LogP contribution in [-0.2, 0) is 4.79 Å². The number of hydrazone groups is 1. The zero-order valence-corrected chi connectivity index (χ0v) is 19.8. The van der Waals surface area contributed by atoms with Crippen molar-refractivity contribution >= 4 is 41.6 Å². The van der Waals surface area contributed by atoms with Crippen molar-refractivity contribution in [2.45, 2.75) is 0 Å². The van der Waals surface area contributed by atoms with Gasteiger partial charge in [-0.1, -0.05) is 36.4 Å². The summed E-state index contributed by atoms with van der Waals surface area (Å²) in [5, 5.41) is 17.3. The second-order valence-electron chi connectivity index (χ2n) is 7.79. The van der Waals surface area contributed by atoms with Gasteiger partial charge in [-0.05, 0) is 59.7 Å². The van der Waals surface area contributed by atoms with Crippen molar-refractivity contribution in [3.8, 4) is 0 Å². The smallest absolute Gasteiger partial charge is 0.287 e. The summed E-state index contributed by atoms with van der Waals surface area (Å²) in [6.07, 6.45) is 6.19. The molecule has 0 radical (unpaired) electrons. The largest absolute Gasteiger partial charge is 0.378 e. The molecule has 0 spiro atoms. The fraction of sp³-hybridized carbons (Fsp3) is 0.0741. The van der Waals surface area contributed by atoms with Gasteiger partial charge in [-0.15, -0.1) is 0 Å². The lowest BCUT2D eigenvalue weighted by atomic mass is 10.1. The molecule has 2 N–H and O–H groups in total. The van der Waals surface area contributed by atoms with Gasteiger partial charge in [-0.3, -0.25) is 19.7 Å². The van der Waals surface area contributed by atoms with Crippen molar-refractivity contribution in [3.05, 3.63) is 117 Å². The number of benzene rings is 3. The van der Waals surface area contributed by atoms with Crippen LogP contribution in [0.4, 0.5) is 11.4 Å². The molecular weight excluding hydrogens is 458 g/mol. The standard InChI is InChI=1S/C27H25N5O4/c1-31(2)23-14-12-21(13-15-23)19-25(29-26(33)22-8-4-3-5-9-22)27(34)30-28-18-6-7-20-10-16-24(17-11-20)32(35)36/h3-19H,1-2H3,(H,29,33)(H,30,34). The lowest BCUT2D eigenvalue weighted by Gasteiger charge is -2.12. The van der Waals surface area contributed by atoms with Gasteiger partial charge in [-0.25, -0.2) is 5.43 Å². The van der Waals surface area contributed by atoms with Gasteiger partial charge in [0.15, 0.2) is 0 Å². The van der Waals surface area contributed by atoms with Gasteiger partial charge in [0.25, 0.3) is 17.5 Å². The molecule has 0 atom stereocenters. The Morgan fingerprint density at radius 1 is 0.917 bits per heavy atom. The number of amides is 2. The Hall–Kier alpha value is -5.05. The minimum Gasteiger partial charge on any atom is -0.378 e. The number of nitro groups is 1. The van der Waals surface area contributed by atoms with Gasteiger partial charge in [-0.2, -0.15) is 5.10 Å². The van der Waals surface area contributed by atoms with Crippen molar-refractivity contribution in [3.63, 3.8) is 0 Å². The summed E-state index contributed by atoms with van der Waals surface area (Å²) in [6, 6.07) is 22.1. The summed E-state index contributed by atoms with van der Waals surface area (Å²) in [6.45, 7) is 0. The normalized spacial score (nSPS) is 11.4. The average Bonchev–Trinajstić information content (AvgIpc) is 2.89. The molecule has 0 aliphatic rings. The fourth-order valence-corrected chi connectivity index (χ4v) is 3.04. The molecule has 0 aliphatic heterocycles. The van der Waals surface area contributed by atoms with Crippen molar-refractivity contribution in [1.29, 1.82) is 0 Å². The first-order valence-electron chi connectivity index (χ1n) is 10.9. The van der Waals surface area contributed by atoms with Gasteiger partial charge in [0, 0.05) is 43.7 Å². The van der Waals surface area contributed by atoms with Crippen LogP contribution in [0.15, 0.2) is 95.7 Å². The molecule has 0 aliphatic carbocycles. The van der Waals surface area contributed by atoms with Crippen LogP contribution >= 0.6 is 0 Å². The summed E-state index contributed by atoms with van der Waals surface area (Å²) in [5.41, 5.74) is 5.29. The first-order valence-corrected chi connectivity index (χ1v) is 10.9. The van der Waals surface area contributed by atoms with E-state index in [2.05, 4.69) is 15.8 Å². The minimum absolute atomic E-state index is 0.00120. The summed E-state index contributed by atoms with van der Waals surface area (Å²) in [4.78, 5) is 37.7. The van der Waals surface area contributed by atoms with E-state index in [9.17, 15) is 19.7 Å². The third kappa shape index (κ3) is 7.49. The van der Waals surface area contributed by atoms with Crippen LogP contribution in [0.5, 0.6) is 0 Å². The minimum atomic E-state index is -0.601. The number of hydrogen-bond acceptors (Lipinski definition) is 6. The quantitative estimate of drug-likeness (QED) is 0.204. The summed E-state index contributed by atoms with van der Waals surface area (Å²) >= 11 is 0. The van der Waals surface area contributed by atoms with Gasteiger partial charge < -0.3 is 10.2 Å². The Morgan fingerprint density at radius 3 is 2.17 bits per heavy atom. The third-order valence-electron chi connectivity index (χ3n) is 4.97. The van der Waals surface area contributed by atoms with E-state index in [-0.39, 0.29) is 11.4 Å². The first kappa shape index (κ1) is 25.6.